The van der Waals surface area contributed by atoms with Crippen LogP contribution < -0.4 is 15.5 Å². The Balaban J connectivity index is 2.86. The second-order valence-corrected chi connectivity index (χ2v) is 4.00. The molecule has 0 saturated carbocycles. The first-order chi connectivity index (χ1) is 8.99. The van der Waals surface area contributed by atoms with Gasteiger partial charge in [0.25, 0.3) is 0 Å². The standard InChI is InChI=1S/C12H18F2N4O/c1-4-16-11-8(13)7-9(14)12(17-11)18(3)6-5-10(19)15-2/h7H,4-6H2,1-3H3,(H,15,19)(H,16,17). The van der Waals surface area contributed by atoms with Crippen LogP contribution in [0.2, 0.25) is 0 Å². The minimum Gasteiger partial charge on any atom is -0.368 e. The summed E-state index contributed by atoms with van der Waals surface area (Å²) in [5, 5.41) is 5.19. The molecule has 0 aromatic carbocycles. The summed E-state index contributed by atoms with van der Waals surface area (Å²) < 4.78 is 27.1. The lowest BCUT2D eigenvalue weighted by Crippen LogP contribution is -2.27. The summed E-state index contributed by atoms with van der Waals surface area (Å²) in [5.74, 6) is -1.62. The van der Waals surface area contributed by atoms with E-state index in [1.165, 1.54) is 11.9 Å². The van der Waals surface area contributed by atoms with Crippen LogP contribution in [-0.2, 0) is 4.79 Å². The van der Waals surface area contributed by atoms with Gasteiger partial charge in [0.2, 0.25) is 5.91 Å². The van der Waals surface area contributed by atoms with Crippen molar-refractivity contribution in [1.82, 2.24) is 10.3 Å². The van der Waals surface area contributed by atoms with Crippen molar-refractivity contribution in [2.75, 3.05) is 37.4 Å². The highest BCUT2D eigenvalue weighted by Crippen LogP contribution is 2.21. The van der Waals surface area contributed by atoms with Crippen LogP contribution in [0.3, 0.4) is 0 Å². The van der Waals surface area contributed by atoms with Gasteiger partial charge in [-0.1, -0.05) is 0 Å². The van der Waals surface area contributed by atoms with Crippen LogP contribution in [0.15, 0.2) is 6.07 Å². The topological polar surface area (TPSA) is 57.3 Å². The summed E-state index contributed by atoms with van der Waals surface area (Å²) in [7, 11) is 3.13. The SMILES string of the molecule is CCNc1nc(N(C)CCC(=O)NC)c(F)cc1F. The summed E-state index contributed by atoms with van der Waals surface area (Å²) in [6, 6.07) is 0.788. The van der Waals surface area contributed by atoms with Crippen molar-refractivity contribution in [1.29, 1.82) is 0 Å². The summed E-state index contributed by atoms with van der Waals surface area (Å²) in [6.07, 6.45) is 0.210. The first kappa shape index (κ1) is 15.1. The Hall–Kier alpha value is -1.92. The molecule has 106 valence electrons. The molecule has 7 heteroatoms. The Morgan fingerprint density at radius 3 is 2.68 bits per heavy atom. The van der Waals surface area contributed by atoms with E-state index in [-0.39, 0.29) is 24.0 Å². The molecule has 0 atom stereocenters. The van der Waals surface area contributed by atoms with Gasteiger partial charge in [-0.2, -0.15) is 0 Å². The van der Waals surface area contributed by atoms with Gasteiger partial charge in [-0.3, -0.25) is 4.79 Å². The normalized spacial score (nSPS) is 10.2. The number of nitrogens with one attached hydrogen (secondary N) is 2. The lowest BCUT2D eigenvalue weighted by Gasteiger charge is -2.19. The van der Waals surface area contributed by atoms with E-state index in [2.05, 4.69) is 15.6 Å². The van der Waals surface area contributed by atoms with Gasteiger partial charge in [0, 0.05) is 39.7 Å². The number of halogens is 2. The zero-order valence-corrected chi connectivity index (χ0v) is 11.3. The van der Waals surface area contributed by atoms with Gasteiger partial charge in [-0.25, -0.2) is 13.8 Å². The fraction of sp³-hybridized carbons (Fsp3) is 0.500. The molecule has 0 unspecified atom stereocenters. The Morgan fingerprint density at radius 1 is 1.42 bits per heavy atom. The van der Waals surface area contributed by atoms with Crippen molar-refractivity contribution in [2.24, 2.45) is 0 Å². The molecule has 1 heterocycles. The van der Waals surface area contributed by atoms with Gasteiger partial charge in [-0.15, -0.1) is 0 Å². The van der Waals surface area contributed by atoms with E-state index in [4.69, 9.17) is 0 Å². The van der Waals surface area contributed by atoms with E-state index in [1.54, 1.807) is 14.0 Å². The molecule has 0 fully saturated rings. The summed E-state index contributed by atoms with van der Waals surface area (Å²) >= 11 is 0. The van der Waals surface area contributed by atoms with Gasteiger partial charge in [0.1, 0.15) is 0 Å². The Morgan fingerprint density at radius 2 is 2.11 bits per heavy atom. The number of hydrogen-bond donors (Lipinski definition) is 2. The second-order valence-electron chi connectivity index (χ2n) is 4.00. The third kappa shape index (κ3) is 4.04. The molecule has 0 aliphatic heterocycles. The molecule has 19 heavy (non-hydrogen) atoms. The molecule has 0 saturated heterocycles. The van der Waals surface area contributed by atoms with Crippen LogP contribution in [0, 0.1) is 11.6 Å². The van der Waals surface area contributed by atoms with Gasteiger partial charge in [0.15, 0.2) is 23.3 Å². The van der Waals surface area contributed by atoms with Crippen molar-refractivity contribution < 1.29 is 13.6 Å². The van der Waals surface area contributed by atoms with Crippen LogP contribution in [0.4, 0.5) is 20.4 Å². The number of carbonyl (C=O) groups excluding carboxylic acids is 1. The smallest absolute Gasteiger partial charge is 0.221 e. The average molecular weight is 272 g/mol. The molecule has 1 amide bonds. The third-order valence-corrected chi connectivity index (χ3v) is 2.57. The summed E-state index contributed by atoms with van der Waals surface area (Å²) in [5.41, 5.74) is 0. The zero-order chi connectivity index (χ0) is 14.4. The van der Waals surface area contributed by atoms with Crippen molar-refractivity contribution in [2.45, 2.75) is 13.3 Å². The Labute approximate surface area is 111 Å². The van der Waals surface area contributed by atoms with E-state index in [1.807, 2.05) is 0 Å². The fourth-order valence-electron chi connectivity index (χ4n) is 1.52. The molecule has 0 aliphatic carbocycles. The van der Waals surface area contributed by atoms with Crippen LogP contribution >= 0.6 is 0 Å². The van der Waals surface area contributed by atoms with E-state index in [0.29, 0.717) is 13.1 Å². The molecule has 1 aromatic heterocycles. The number of amides is 1. The largest absolute Gasteiger partial charge is 0.368 e. The molecule has 0 radical (unpaired) electrons. The number of anilines is 2. The second kappa shape index (κ2) is 6.86. The number of carbonyl (C=O) groups is 1. The quantitative estimate of drug-likeness (QED) is 0.821. The van der Waals surface area contributed by atoms with Crippen molar-refractivity contribution in [3.63, 3.8) is 0 Å². The molecular weight excluding hydrogens is 254 g/mol. The lowest BCUT2D eigenvalue weighted by atomic mass is 10.3. The van der Waals surface area contributed by atoms with E-state index >= 15 is 0 Å². The average Bonchev–Trinajstić information content (AvgIpc) is 2.38. The maximum Gasteiger partial charge on any atom is 0.221 e. The van der Waals surface area contributed by atoms with Gasteiger partial charge in [-0.05, 0) is 6.92 Å². The minimum atomic E-state index is -0.751. The highest BCUT2D eigenvalue weighted by Gasteiger charge is 2.15. The molecule has 0 bridgehead atoms. The van der Waals surface area contributed by atoms with Crippen LogP contribution in [0.5, 0.6) is 0 Å². The predicted molar refractivity (Wildman–Crippen MR) is 70.3 cm³/mol. The molecule has 5 nitrogen and oxygen atoms in total. The summed E-state index contributed by atoms with van der Waals surface area (Å²) in [4.78, 5) is 16.5. The predicted octanol–water partition coefficient (Wildman–Crippen LogP) is 1.36. The lowest BCUT2D eigenvalue weighted by molar-refractivity contribution is -0.120. The zero-order valence-electron chi connectivity index (χ0n) is 11.3. The maximum atomic E-state index is 13.7. The maximum absolute atomic E-state index is 13.7. The van der Waals surface area contributed by atoms with Crippen LogP contribution in [0.1, 0.15) is 13.3 Å². The van der Waals surface area contributed by atoms with Gasteiger partial charge in [0.05, 0.1) is 0 Å². The van der Waals surface area contributed by atoms with Crippen molar-refractivity contribution >= 4 is 17.5 Å². The summed E-state index contributed by atoms with van der Waals surface area (Å²) in [6.45, 7) is 2.57. The molecule has 1 aromatic rings. The molecule has 1 rings (SSSR count). The highest BCUT2D eigenvalue weighted by atomic mass is 19.1. The van der Waals surface area contributed by atoms with E-state index < -0.39 is 11.6 Å². The highest BCUT2D eigenvalue weighted by molar-refractivity contribution is 5.76. The minimum absolute atomic E-state index is 0.00527. The van der Waals surface area contributed by atoms with Gasteiger partial charge >= 0.3 is 0 Å². The first-order valence-corrected chi connectivity index (χ1v) is 6.01. The number of nitrogens with zero attached hydrogens (tertiary/aromatic N) is 2. The van der Waals surface area contributed by atoms with Crippen molar-refractivity contribution in [3.8, 4) is 0 Å². The monoisotopic (exact) mass is 272 g/mol. The van der Waals surface area contributed by atoms with Crippen molar-refractivity contribution in [3.05, 3.63) is 17.7 Å². The first-order valence-electron chi connectivity index (χ1n) is 6.01. The number of pyridine rings is 1. The number of hydrogen-bond acceptors (Lipinski definition) is 4. The number of rotatable bonds is 6. The Bertz CT molecular complexity index is 454. The Kier molecular flexibility index (Phi) is 5.47. The van der Waals surface area contributed by atoms with Crippen LogP contribution in [0.25, 0.3) is 0 Å². The molecule has 2 N–H and O–H groups in total. The third-order valence-electron chi connectivity index (χ3n) is 2.57. The van der Waals surface area contributed by atoms with E-state index in [0.717, 1.165) is 6.07 Å². The van der Waals surface area contributed by atoms with Crippen LogP contribution in [-0.4, -0.2) is 38.1 Å². The fourth-order valence-corrected chi connectivity index (χ4v) is 1.52. The van der Waals surface area contributed by atoms with Gasteiger partial charge < -0.3 is 15.5 Å². The number of aromatic nitrogens is 1. The molecule has 0 aliphatic rings. The van der Waals surface area contributed by atoms with E-state index in [9.17, 15) is 13.6 Å². The molecule has 0 spiro atoms. The molecular formula is C12H18F2N4O.